The van der Waals surface area contributed by atoms with E-state index in [9.17, 15) is 4.79 Å². The van der Waals surface area contributed by atoms with E-state index in [1.54, 1.807) is 7.11 Å². The van der Waals surface area contributed by atoms with Gasteiger partial charge in [0.15, 0.2) is 0 Å². The summed E-state index contributed by atoms with van der Waals surface area (Å²) in [5, 5.41) is 2.96. The highest BCUT2D eigenvalue weighted by atomic mass is 79.9. The van der Waals surface area contributed by atoms with Crippen LogP contribution < -0.4 is 10.1 Å². The first-order chi connectivity index (χ1) is 9.11. The highest BCUT2D eigenvalue weighted by Crippen LogP contribution is 2.32. The minimum atomic E-state index is -0.0518. The minimum absolute atomic E-state index is 0.0518. The van der Waals surface area contributed by atoms with Crippen molar-refractivity contribution >= 4 is 39.4 Å². The van der Waals surface area contributed by atoms with Crippen LogP contribution >= 0.6 is 27.7 Å². The summed E-state index contributed by atoms with van der Waals surface area (Å²) in [7, 11) is 1.61. The normalized spacial score (nSPS) is 15.2. The van der Waals surface area contributed by atoms with Gasteiger partial charge in [-0.05, 0) is 24.6 Å². The third kappa shape index (κ3) is 3.57. The molecule has 0 radical (unpaired) electrons. The standard InChI is InChI=1S/C13H17BrN2O2S/c1-9-7-10(14)8-11(18-2)12(9)15-13(17)16-3-5-19-6-4-16/h7-8H,3-6H2,1-2H3,(H,15,17). The number of amides is 2. The Morgan fingerprint density at radius 1 is 1.42 bits per heavy atom. The third-order valence-corrected chi connectivity index (χ3v) is 4.41. The lowest BCUT2D eigenvalue weighted by atomic mass is 10.2. The number of ether oxygens (including phenoxy) is 1. The second kappa shape index (κ2) is 6.52. The maximum atomic E-state index is 12.2. The Labute approximate surface area is 126 Å². The molecule has 0 atom stereocenters. The lowest BCUT2D eigenvalue weighted by Crippen LogP contribution is -2.40. The molecule has 1 aliphatic heterocycles. The zero-order valence-corrected chi connectivity index (χ0v) is 13.4. The molecular formula is C13H17BrN2O2S. The molecule has 19 heavy (non-hydrogen) atoms. The van der Waals surface area contributed by atoms with E-state index in [0.717, 1.165) is 40.3 Å². The quantitative estimate of drug-likeness (QED) is 0.894. The molecule has 0 aromatic heterocycles. The summed E-state index contributed by atoms with van der Waals surface area (Å²) < 4.78 is 6.27. The molecule has 1 heterocycles. The highest BCUT2D eigenvalue weighted by Gasteiger charge is 2.19. The number of halogens is 1. The summed E-state index contributed by atoms with van der Waals surface area (Å²) in [6.45, 7) is 3.55. The third-order valence-electron chi connectivity index (χ3n) is 3.01. The Bertz CT molecular complexity index is 476. The van der Waals surface area contributed by atoms with Crippen LogP contribution in [0.15, 0.2) is 16.6 Å². The van der Waals surface area contributed by atoms with Crippen LogP contribution in [0.3, 0.4) is 0 Å². The highest BCUT2D eigenvalue weighted by molar-refractivity contribution is 9.10. The molecule has 0 bridgehead atoms. The fraction of sp³-hybridized carbons (Fsp3) is 0.462. The van der Waals surface area contributed by atoms with Crippen LogP contribution in [-0.2, 0) is 0 Å². The van der Waals surface area contributed by atoms with Crippen molar-refractivity contribution in [3.05, 3.63) is 22.2 Å². The Morgan fingerprint density at radius 2 is 2.11 bits per heavy atom. The average molecular weight is 345 g/mol. The van der Waals surface area contributed by atoms with E-state index in [-0.39, 0.29) is 6.03 Å². The lowest BCUT2D eigenvalue weighted by molar-refractivity contribution is 0.217. The van der Waals surface area contributed by atoms with E-state index in [1.165, 1.54) is 0 Å². The molecule has 1 aromatic rings. The van der Waals surface area contributed by atoms with Crippen LogP contribution in [0.5, 0.6) is 5.75 Å². The fourth-order valence-electron chi connectivity index (χ4n) is 1.99. The summed E-state index contributed by atoms with van der Waals surface area (Å²) in [5.41, 5.74) is 1.72. The van der Waals surface area contributed by atoms with Crippen molar-refractivity contribution < 1.29 is 9.53 Å². The fourth-order valence-corrected chi connectivity index (χ4v) is 3.44. The van der Waals surface area contributed by atoms with Gasteiger partial charge < -0.3 is 15.0 Å². The molecule has 1 saturated heterocycles. The zero-order chi connectivity index (χ0) is 13.8. The van der Waals surface area contributed by atoms with Crippen molar-refractivity contribution in [3.8, 4) is 5.75 Å². The molecule has 0 saturated carbocycles. The molecular weight excluding hydrogens is 328 g/mol. The SMILES string of the molecule is COc1cc(Br)cc(C)c1NC(=O)N1CCSCC1. The van der Waals surface area contributed by atoms with Crippen LogP contribution in [0.25, 0.3) is 0 Å². The Kier molecular flexibility index (Phi) is 4.99. The zero-order valence-electron chi connectivity index (χ0n) is 11.0. The van der Waals surface area contributed by atoms with E-state index >= 15 is 0 Å². The topological polar surface area (TPSA) is 41.6 Å². The molecule has 1 N–H and O–H groups in total. The van der Waals surface area contributed by atoms with Gasteiger partial charge in [-0.3, -0.25) is 0 Å². The van der Waals surface area contributed by atoms with E-state index in [0.29, 0.717) is 5.75 Å². The summed E-state index contributed by atoms with van der Waals surface area (Å²) >= 11 is 5.31. The van der Waals surface area contributed by atoms with Gasteiger partial charge in [0, 0.05) is 29.1 Å². The summed E-state index contributed by atoms with van der Waals surface area (Å²) in [6, 6.07) is 3.77. The van der Waals surface area contributed by atoms with Crippen molar-refractivity contribution in [3.63, 3.8) is 0 Å². The van der Waals surface area contributed by atoms with Gasteiger partial charge in [0.1, 0.15) is 5.75 Å². The molecule has 0 spiro atoms. The van der Waals surface area contributed by atoms with Crippen molar-refractivity contribution in [2.45, 2.75) is 6.92 Å². The van der Waals surface area contributed by atoms with Crippen LogP contribution in [0.4, 0.5) is 10.5 Å². The molecule has 4 nitrogen and oxygen atoms in total. The first-order valence-corrected chi connectivity index (χ1v) is 8.04. The average Bonchev–Trinajstić information content (AvgIpc) is 2.42. The van der Waals surface area contributed by atoms with Gasteiger partial charge >= 0.3 is 6.03 Å². The molecule has 1 aromatic carbocycles. The number of hydrogen-bond acceptors (Lipinski definition) is 3. The number of carbonyl (C=O) groups is 1. The molecule has 1 aliphatic rings. The van der Waals surface area contributed by atoms with Gasteiger partial charge in [0.05, 0.1) is 12.8 Å². The number of urea groups is 1. The monoisotopic (exact) mass is 344 g/mol. The predicted octanol–water partition coefficient (Wildman–Crippen LogP) is 3.35. The Balaban J connectivity index is 2.15. The van der Waals surface area contributed by atoms with E-state index in [1.807, 2.05) is 35.7 Å². The molecule has 2 rings (SSSR count). The van der Waals surface area contributed by atoms with Crippen LogP contribution in [0.1, 0.15) is 5.56 Å². The molecule has 104 valence electrons. The minimum Gasteiger partial charge on any atom is -0.495 e. The number of methoxy groups -OCH3 is 1. The summed E-state index contributed by atoms with van der Waals surface area (Å²) in [4.78, 5) is 14.1. The van der Waals surface area contributed by atoms with Crippen molar-refractivity contribution in [1.29, 1.82) is 0 Å². The molecule has 0 aliphatic carbocycles. The van der Waals surface area contributed by atoms with E-state index in [4.69, 9.17) is 4.74 Å². The number of rotatable bonds is 2. The second-order valence-corrected chi connectivity index (χ2v) is 6.47. The Morgan fingerprint density at radius 3 is 2.74 bits per heavy atom. The molecule has 6 heteroatoms. The number of nitrogens with one attached hydrogen (secondary N) is 1. The largest absolute Gasteiger partial charge is 0.495 e. The maximum absolute atomic E-state index is 12.2. The summed E-state index contributed by atoms with van der Waals surface area (Å²) in [5.74, 6) is 2.68. The number of anilines is 1. The van der Waals surface area contributed by atoms with E-state index in [2.05, 4.69) is 21.2 Å². The number of nitrogens with zero attached hydrogens (tertiary/aromatic N) is 1. The Hall–Kier alpha value is -0.880. The van der Waals surface area contributed by atoms with Crippen LogP contribution in [0.2, 0.25) is 0 Å². The first kappa shape index (κ1) is 14.5. The van der Waals surface area contributed by atoms with Crippen molar-refractivity contribution in [1.82, 2.24) is 4.90 Å². The second-order valence-electron chi connectivity index (χ2n) is 4.33. The van der Waals surface area contributed by atoms with Gasteiger partial charge in [-0.15, -0.1) is 0 Å². The van der Waals surface area contributed by atoms with Gasteiger partial charge in [-0.1, -0.05) is 15.9 Å². The predicted molar refractivity (Wildman–Crippen MR) is 83.3 cm³/mol. The maximum Gasteiger partial charge on any atom is 0.322 e. The number of aryl methyl sites for hydroxylation is 1. The van der Waals surface area contributed by atoms with Gasteiger partial charge in [-0.2, -0.15) is 11.8 Å². The van der Waals surface area contributed by atoms with Crippen molar-refractivity contribution in [2.24, 2.45) is 0 Å². The van der Waals surface area contributed by atoms with E-state index < -0.39 is 0 Å². The first-order valence-electron chi connectivity index (χ1n) is 6.09. The smallest absolute Gasteiger partial charge is 0.322 e. The van der Waals surface area contributed by atoms with Gasteiger partial charge in [0.2, 0.25) is 0 Å². The van der Waals surface area contributed by atoms with Crippen LogP contribution in [-0.4, -0.2) is 42.6 Å². The number of thioether (sulfide) groups is 1. The summed E-state index contributed by atoms with van der Waals surface area (Å²) in [6.07, 6.45) is 0. The molecule has 1 fully saturated rings. The lowest BCUT2D eigenvalue weighted by Gasteiger charge is -2.27. The molecule has 2 amide bonds. The number of hydrogen-bond donors (Lipinski definition) is 1. The molecule has 0 unspecified atom stereocenters. The van der Waals surface area contributed by atoms with Crippen LogP contribution in [0, 0.1) is 6.92 Å². The van der Waals surface area contributed by atoms with Gasteiger partial charge in [0.25, 0.3) is 0 Å². The number of benzene rings is 1. The van der Waals surface area contributed by atoms with Gasteiger partial charge in [-0.25, -0.2) is 4.79 Å². The van der Waals surface area contributed by atoms with Crippen molar-refractivity contribution in [2.75, 3.05) is 37.0 Å². The number of carbonyl (C=O) groups excluding carboxylic acids is 1.